The Balaban J connectivity index is 1.68. The number of fused-ring (bicyclic) bond motifs is 1. The van der Waals surface area contributed by atoms with Crippen molar-refractivity contribution in [1.82, 2.24) is 10.2 Å². The van der Waals surface area contributed by atoms with E-state index in [0.717, 1.165) is 21.4 Å². The molecule has 0 N–H and O–H groups in total. The molecular weight excluding hydrogens is 282 g/mol. The van der Waals surface area contributed by atoms with Gasteiger partial charge < -0.3 is 0 Å². The third-order valence-corrected chi connectivity index (χ3v) is 4.39. The van der Waals surface area contributed by atoms with Crippen LogP contribution in [0.1, 0.15) is 11.1 Å². The molecule has 0 radical (unpaired) electrons. The van der Waals surface area contributed by atoms with Crippen molar-refractivity contribution in [1.29, 1.82) is 0 Å². The molecule has 0 fully saturated rings. The van der Waals surface area contributed by atoms with Gasteiger partial charge in [0.2, 0.25) is 5.13 Å². The van der Waals surface area contributed by atoms with Crippen LogP contribution in [0.5, 0.6) is 0 Å². The van der Waals surface area contributed by atoms with Crippen molar-refractivity contribution >= 4 is 22.2 Å². The highest BCUT2D eigenvalue weighted by molar-refractivity contribution is 7.18. The van der Waals surface area contributed by atoms with Gasteiger partial charge in [0.1, 0.15) is 11.6 Å². The van der Waals surface area contributed by atoms with Crippen molar-refractivity contribution in [2.24, 2.45) is 0 Å². The summed E-state index contributed by atoms with van der Waals surface area (Å²) in [7, 11) is 0. The smallest absolute Gasteiger partial charge is 0.237 e. The molecule has 4 nitrogen and oxygen atoms in total. The summed E-state index contributed by atoms with van der Waals surface area (Å²) in [6.45, 7) is 2.65. The maximum atomic E-state index is 5.72. The summed E-state index contributed by atoms with van der Waals surface area (Å²) >= 11 is 1.53. The third kappa shape index (κ3) is 2.20. The highest BCUT2D eigenvalue weighted by Crippen LogP contribution is 2.38. The van der Waals surface area contributed by atoms with Gasteiger partial charge in [-0.05, 0) is 13.0 Å². The lowest BCUT2D eigenvalue weighted by molar-refractivity contribution is 0.145. The predicted molar refractivity (Wildman–Crippen MR) is 83.5 cm³/mol. The Morgan fingerprint density at radius 3 is 2.71 bits per heavy atom. The molecule has 1 aromatic heterocycles. The van der Waals surface area contributed by atoms with Crippen molar-refractivity contribution in [3.8, 4) is 10.6 Å². The number of anilines is 2. The van der Waals surface area contributed by atoms with Gasteiger partial charge >= 0.3 is 0 Å². The van der Waals surface area contributed by atoms with E-state index in [-0.39, 0.29) is 0 Å². The fourth-order valence-corrected chi connectivity index (χ4v) is 3.13. The van der Waals surface area contributed by atoms with Crippen LogP contribution in [0.3, 0.4) is 0 Å². The average Bonchev–Trinajstić information content (AvgIpc) is 3.14. The summed E-state index contributed by atoms with van der Waals surface area (Å²) in [6.07, 6.45) is 0. The molecule has 3 aromatic rings. The molecule has 104 valence electrons. The van der Waals surface area contributed by atoms with Gasteiger partial charge in [-0.1, -0.05) is 59.4 Å². The second kappa shape index (κ2) is 4.95. The molecule has 0 saturated heterocycles. The van der Waals surface area contributed by atoms with Gasteiger partial charge in [0.15, 0.2) is 0 Å². The SMILES string of the molecule is Cc1ccc(-c2nnc(N3OCc4ccccc43)s2)cc1. The van der Waals surface area contributed by atoms with E-state index in [1.165, 1.54) is 22.5 Å². The third-order valence-electron chi connectivity index (χ3n) is 3.45. The van der Waals surface area contributed by atoms with Crippen LogP contribution in [-0.2, 0) is 11.4 Å². The number of para-hydroxylation sites is 1. The lowest BCUT2D eigenvalue weighted by atomic mass is 10.2. The van der Waals surface area contributed by atoms with E-state index in [9.17, 15) is 0 Å². The Morgan fingerprint density at radius 1 is 1.05 bits per heavy atom. The number of benzene rings is 2. The molecule has 1 aliphatic rings. The molecule has 2 heterocycles. The van der Waals surface area contributed by atoms with Gasteiger partial charge in [-0.25, -0.2) is 0 Å². The summed E-state index contributed by atoms with van der Waals surface area (Å²) < 4.78 is 0. The molecule has 0 atom stereocenters. The zero-order chi connectivity index (χ0) is 14.2. The topological polar surface area (TPSA) is 38.2 Å². The quantitative estimate of drug-likeness (QED) is 0.713. The Labute approximate surface area is 126 Å². The second-order valence-electron chi connectivity index (χ2n) is 4.95. The maximum Gasteiger partial charge on any atom is 0.237 e. The molecule has 0 aliphatic carbocycles. The lowest BCUT2D eigenvalue weighted by Crippen LogP contribution is -2.10. The highest BCUT2D eigenvalue weighted by Gasteiger charge is 2.24. The molecule has 0 saturated carbocycles. The van der Waals surface area contributed by atoms with E-state index in [4.69, 9.17) is 4.84 Å². The minimum atomic E-state index is 0.579. The van der Waals surface area contributed by atoms with Crippen molar-refractivity contribution in [3.63, 3.8) is 0 Å². The van der Waals surface area contributed by atoms with Crippen LogP contribution in [0.15, 0.2) is 48.5 Å². The van der Waals surface area contributed by atoms with Crippen molar-refractivity contribution in [2.45, 2.75) is 13.5 Å². The van der Waals surface area contributed by atoms with E-state index in [2.05, 4.69) is 47.5 Å². The minimum Gasteiger partial charge on any atom is -0.261 e. The monoisotopic (exact) mass is 295 g/mol. The number of hydrogen-bond acceptors (Lipinski definition) is 5. The van der Waals surface area contributed by atoms with Gasteiger partial charge in [0, 0.05) is 11.1 Å². The van der Waals surface area contributed by atoms with E-state index in [1.54, 1.807) is 5.06 Å². The number of aromatic nitrogens is 2. The summed E-state index contributed by atoms with van der Waals surface area (Å²) in [6, 6.07) is 16.4. The number of rotatable bonds is 2. The van der Waals surface area contributed by atoms with Crippen molar-refractivity contribution in [2.75, 3.05) is 5.06 Å². The van der Waals surface area contributed by atoms with Gasteiger partial charge in [-0.3, -0.25) is 4.84 Å². The van der Waals surface area contributed by atoms with Crippen LogP contribution in [0.4, 0.5) is 10.8 Å². The molecule has 0 bridgehead atoms. The van der Waals surface area contributed by atoms with Gasteiger partial charge in [0.25, 0.3) is 0 Å². The Bertz CT molecular complexity index is 782. The fourth-order valence-electron chi connectivity index (χ4n) is 2.30. The summed E-state index contributed by atoms with van der Waals surface area (Å²) in [4.78, 5) is 5.72. The van der Waals surface area contributed by atoms with Gasteiger partial charge in [-0.2, -0.15) is 5.06 Å². The molecule has 5 heteroatoms. The minimum absolute atomic E-state index is 0.579. The van der Waals surface area contributed by atoms with Crippen LogP contribution in [0.25, 0.3) is 10.6 Å². The van der Waals surface area contributed by atoms with Gasteiger partial charge in [-0.15, -0.1) is 10.2 Å². The normalized spacial score (nSPS) is 13.5. The highest BCUT2D eigenvalue weighted by atomic mass is 32.1. The largest absolute Gasteiger partial charge is 0.261 e. The first-order chi connectivity index (χ1) is 10.3. The van der Waals surface area contributed by atoms with E-state index < -0.39 is 0 Å². The Kier molecular flexibility index (Phi) is 2.94. The summed E-state index contributed by atoms with van der Waals surface area (Å²) in [5.41, 5.74) is 4.53. The molecule has 1 aliphatic heterocycles. The van der Waals surface area contributed by atoms with Crippen LogP contribution < -0.4 is 5.06 Å². The van der Waals surface area contributed by atoms with E-state index in [0.29, 0.717) is 6.61 Å². The molecule has 21 heavy (non-hydrogen) atoms. The van der Waals surface area contributed by atoms with Gasteiger partial charge in [0.05, 0.1) is 5.69 Å². The lowest BCUT2D eigenvalue weighted by Gasteiger charge is -2.12. The number of aryl methyl sites for hydroxylation is 1. The molecule has 4 rings (SSSR count). The van der Waals surface area contributed by atoms with Crippen LogP contribution in [0.2, 0.25) is 0 Å². The van der Waals surface area contributed by atoms with E-state index >= 15 is 0 Å². The first-order valence-electron chi connectivity index (χ1n) is 6.73. The van der Waals surface area contributed by atoms with Crippen LogP contribution >= 0.6 is 11.3 Å². The number of hydrogen-bond donors (Lipinski definition) is 0. The predicted octanol–water partition coefficient (Wildman–Crippen LogP) is 4.10. The Hall–Kier alpha value is -2.24. The van der Waals surface area contributed by atoms with Crippen molar-refractivity contribution < 1.29 is 4.84 Å². The zero-order valence-electron chi connectivity index (χ0n) is 11.5. The average molecular weight is 295 g/mol. The first-order valence-corrected chi connectivity index (χ1v) is 7.54. The molecular formula is C16H13N3OS. The molecule has 0 amide bonds. The molecule has 2 aromatic carbocycles. The number of nitrogens with zero attached hydrogens (tertiary/aromatic N) is 3. The van der Waals surface area contributed by atoms with Crippen LogP contribution in [-0.4, -0.2) is 10.2 Å². The second-order valence-corrected chi connectivity index (χ2v) is 5.91. The summed E-state index contributed by atoms with van der Waals surface area (Å²) in [5.74, 6) is 0. The zero-order valence-corrected chi connectivity index (χ0v) is 12.3. The maximum absolute atomic E-state index is 5.72. The fraction of sp³-hybridized carbons (Fsp3) is 0.125. The van der Waals surface area contributed by atoms with Crippen LogP contribution in [0, 0.1) is 6.92 Å². The van der Waals surface area contributed by atoms with Crippen molar-refractivity contribution in [3.05, 3.63) is 59.7 Å². The Morgan fingerprint density at radius 2 is 1.86 bits per heavy atom. The summed E-state index contributed by atoms with van der Waals surface area (Å²) in [5, 5.41) is 12.0. The molecule has 0 spiro atoms. The standard InChI is InChI=1S/C16H13N3OS/c1-11-6-8-12(9-7-11)15-17-18-16(21-15)19-14-5-3-2-4-13(14)10-20-19/h2-9H,10H2,1H3. The molecule has 0 unspecified atom stereocenters. The van der Waals surface area contributed by atoms with E-state index in [1.807, 2.05) is 18.2 Å². The first kappa shape index (κ1) is 12.5.